The van der Waals surface area contributed by atoms with E-state index in [0.29, 0.717) is 36.1 Å². The van der Waals surface area contributed by atoms with Crippen LogP contribution in [-0.2, 0) is 14.3 Å². The molecule has 4 rings (SSSR count). The van der Waals surface area contributed by atoms with Crippen LogP contribution in [0.3, 0.4) is 0 Å². The monoisotopic (exact) mass is 411 g/mol. The third kappa shape index (κ3) is 4.25. The van der Waals surface area contributed by atoms with Crippen LogP contribution >= 0.6 is 0 Å². The topological polar surface area (TPSA) is 94.8 Å². The van der Waals surface area contributed by atoms with Crippen molar-refractivity contribution in [2.24, 2.45) is 17.8 Å². The number of allylic oxidation sites excluding steroid dienone is 1. The first-order valence-electron chi connectivity index (χ1n) is 10.3. The Balaban J connectivity index is 1.36. The molecule has 0 bridgehead atoms. The Morgan fingerprint density at radius 1 is 1.20 bits per heavy atom. The summed E-state index contributed by atoms with van der Waals surface area (Å²) in [5.41, 5.74) is 1.28. The van der Waals surface area contributed by atoms with Crippen molar-refractivity contribution in [2.75, 3.05) is 11.9 Å². The second-order valence-electron chi connectivity index (χ2n) is 7.87. The molecule has 2 aromatic rings. The summed E-state index contributed by atoms with van der Waals surface area (Å²) < 4.78 is 15.9. The number of benzene rings is 1. The van der Waals surface area contributed by atoms with Crippen LogP contribution in [0.25, 0.3) is 11.0 Å². The van der Waals surface area contributed by atoms with E-state index in [1.54, 1.807) is 18.2 Å². The van der Waals surface area contributed by atoms with E-state index < -0.39 is 11.7 Å². The number of carbonyl (C=O) groups excluding carboxylic acids is 2. The molecule has 1 N–H and O–H groups in total. The molecular weight excluding hydrogens is 386 g/mol. The maximum absolute atomic E-state index is 12.4. The molecular formula is C23H25NO6. The van der Waals surface area contributed by atoms with E-state index in [1.165, 1.54) is 6.07 Å². The van der Waals surface area contributed by atoms with Crippen LogP contribution in [0.2, 0.25) is 0 Å². The molecule has 30 heavy (non-hydrogen) atoms. The summed E-state index contributed by atoms with van der Waals surface area (Å²) in [5, 5.41) is 3.50. The zero-order chi connectivity index (χ0) is 21.3. The Bertz CT molecular complexity index is 1060. The largest absolute Gasteiger partial charge is 0.466 e. The summed E-state index contributed by atoms with van der Waals surface area (Å²) >= 11 is 0. The van der Waals surface area contributed by atoms with E-state index in [1.807, 2.05) is 26.0 Å². The van der Waals surface area contributed by atoms with Gasteiger partial charge in [0.05, 0.1) is 12.5 Å². The van der Waals surface area contributed by atoms with E-state index in [2.05, 4.69) is 5.32 Å². The maximum Gasteiger partial charge on any atom is 0.412 e. The fourth-order valence-corrected chi connectivity index (χ4v) is 4.37. The van der Waals surface area contributed by atoms with Crippen molar-refractivity contribution >= 4 is 28.7 Å². The smallest absolute Gasteiger partial charge is 0.412 e. The molecule has 0 radical (unpaired) electrons. The van der Waals surface area contributed by atoms with Gasteiger partial charge in [-0.25, -0.2) is 9.59 Å². The van der Waals surface area contributed by atoms with Crippen molar-refractivity contribution in [2.45, 2.75) is 39.2 Å². The van der Waals surface area contributed by atoms with E-state index in [0.717, 1.165) is 23.8 Å². The number of esters is 1. The number of nitrogens with one attached hydrogen (secondary N) is 1. The lowest BCUT2D eigenvalue weighted by Crippen LogP contribution is -2.21. The summed E-state index contributed by atoms with van der Waals surface area (Å²) in [7, 11) is 0. The Hall–Kier alpha value is -3.09. The van der Waals surface area contributed by atoms with Crippen LogP contribution in [0.4, 0.5) is 10.5 Å². The van der Waals surface area contributed by atoms with Gasteiger partial charge in [-0.3, -0.25) is 10.1 Å². The fraction of sp³-hybridized carbons (Fsp3) is 0.435. The Kier molecular flexibility index (Phi) is 5.61. The van der Waals surface area contributed by atoms with Crippen LogP contribution in [0.15, 0.2) is 45.6 Å². The third-order valence-corrected chi connectivity index (χ3v) is 5.89. The first kappa shape index (κ1) is 20.2. The minimum Gasteiger partial charge on any atom is -0.466 e. The molecule has 0 spiro atoms. The summed E-state index contributed by atoms with van der Waals surface area (Å²) in [6.07, 6.45) is 5.21. The van der Waals surface area contributed by atoms with Crippen molar-refractivity contribution in [1.29, 1.82) is 0 Å². The normalized spacial score (nSPS) is 26.1. The maximum atomic E-state index is 12.4. The SMILES string of the molecule is CCOC(=O)C1C2C/C=C\C(OC(=O)Nc3ccc4c(C)cc(=O)oc4c3)CCC21. The number of amides is 1. The zero-order valence-corrected chi connectivity index (χ0v) is 17.1. The van der Waals surface area contributed by atoms with Gasteiger partial charge in [0.1, 0.15) is 11.7 Å². The average molecular weight is 411 g/mol. The molecule has 4 unspecified atom stereocenters. The van der Waals surface area contributed by atoms with Crippen molar-refractivity contribution in [3.05, 3.63) is 52.4 Å². The molecule has 1 heterocycles. The molecule has 1 fully saturated rings. The lowest BCUT2D eigenvalue weighted by atomic mass is 10.0. The third-order valence-electron chi connectivity index (χ3n) is 5.89. The van der Waals surface area contributed by atoms with Crippen LogP contribution in [0.1, 0.15) is 31.7 Å². The number of anilines is 1. The molecule has 1 amide bonds. The highest BCUT2D eigenvalue weighted by molar-refractivity contribution is 5.90. The molecule has 1 saturated carbocycles. The van der Waals surface area contributed by atoms with Gasteiger partial charge < -0.3 is 13.9 Å². The molecule has 2 aliphatic rings. The highest BCUT2D eigenvalue weighted by Gasteiger charge is 2.54. The molecule has 4 atom stereocenters. The highest BCUT2D eigenvalue weighted by Crippen LogP contribution is 2.53. The molecule has 158 valence electrons. The second-order valence-corrected chi connectivity index (χ2v) is 7.87. The van der Waals surface area contributed by atoms with Crippen LogP contribution in [0, 0.1) is 24.7 Å². The molecule has 7 nitrogen and oxygen atoms in total. The molecule has 0 aliphatic heterocycles. The van der Waals surface area contributed by atoms with Crippen molar-refractivity contribution < 1.29 is 23.5 Å². The van der Waals surface area contributed by atoms with E-state index in [9.17, 15) is 14.4 Å². The van der Waals surface area contributed by atoms with Gasteiger partial charge in [-0.1, -0.05) is 6.08 Å². The van der Waals surface area contributed by atoms with E-state index in [-0.39, 0.29) is 18.0 Å². The first-order valence-corrected chi connectivity index (χ1v) is 10.3. The summed E-state index contributed by atoms with van der Waals surface area (Å²) in [6, 6.07) is 6.57. The first-order chi connectivity index (χ1) is 14.5. The Morgan fingerprint density at radius 3 is 2.83 bits per heavy atom. The standard InChI is InChI=1S/C23H25NO6/c1-3-28-22(26)21-17-6-4-5-15(8-10-18(17)21)29-23(27)24-14-7-9-16-13(2)11-20(25)30-19(16)12-14/h4-5,7,9,11-12,15,17-18,21H,3,6,8,10H2,1-2H3,(H,24,27)/b5-4-. The van der Waals surface area contributed by atoms with Gasteiger partial charge in [-0.05, 0) is 68.7 Å². The van der Waals surface area contributed by atoms with Gasteiger partial charge in [0.2, 0.25) is 0 Å². The summed E-state index contributed by atoms with van der Waals surface area (Å²) in [4.78, 5) is 36.0. The molecule has 1 aromatic carbocycles. The van der Waals surface area contributed by atoms with E-state index in [4.69, 9.17) is 13.9 Å². The van der Waals surface area contributed by atoms with Crippen LogP contribution in [0.5, 0.6) is 0 Å². The molecule has 0 saturated heterocycles. The predicted octanol–water partition coefficient (Wildman–Crippen LogP) is 4.18. The number of carbonyl (C=O) groups is 2. The zero-order valence-electron chi connectivity index (χ0n) is 17.1. The quantitative estimate of drug-likeness (QED) is 0.461. The van der Waals surface area contributed by atoms with Gasteiger partial charge in [0, 0.05) is 23.2 Å². The number of rotatable bonds is 4. The lowest BCUT2D eigenvalue weighted by molar-refractivity contribution is -0.145. The summed E-state index contributed by atoms with van der Waals surface area (Å²) in [6.45, 7) is 4.04. The number of aryl methyl sites for hydroxylation is 1. The molecule has 7 heteroatoms. The second kappa shape index (κ2) is 8.34. The van der Waals surface area contributed by atoms with Gasteiger partial charge in [0.25, 0.3) is 0 Å². The highest BCUT2D eigenvalue weighted by atomic mass is 16.6. The fourth-order valence-electron chi connectivity index (χ4n) is 4.37. The summed E-state index contributed by atoms with van der Waals surface area (Å²) in [5.74, 6) is 0.495. The minimum atomic E-state index is -0.575. The Morgan fingerprint density at radius 2 is 2.03 bits per heavy atom. The van der Waals surface area contributed by atoms with Gasteiger partial charge >= 0.3 is 17.7 Å². The number of fused-ring (bicyclic) bond motifs is 2. The predicted molar refractivity (Wildman–Crippen MR) is 111 cm³/mol. The minimum absolute atomic E-state index is 0.0297. The lowest BCUT2D eigenvalue weighted by Gasteiger charge is -2.16. The van der Waals surface area contributed by atoms with Crippen molar-refractivity contribution in [1.82, 2.24) is 0 Å². The number of hydrogen-bond donors (Lipinski definition) is 1. The Labute approximate surface area is 174 Å². The molecule has 2 aliphatic carbocycles. The van der Waals surface area contributed by atoms with Crippen LogP contribution in [-0.4, -0.2) is 24.8 Å². The van der Waals surface area contributed by atoms with Gasteiger partial charge in [-0.2, -0.15) is 0 Å². The number of hydrogen-bond acceptors (Lipinski definition) is 6. The van der Waals surface area contributed by atoms with Crippen LogP contribution < -0.4 is 10.9 Å². The molecule has 1 aromatic heterocycles. The number of ether oxygens (including phenoxy) is 2. The van der Waals surface area contributed by atoms with Gasteiger partial charge in [-0.15, -0.1) is 0 Å². The van der Waals surface area contributed by atoms with E-state index >= 15 is 0 Å². The van der Waals surface area contributed by atoms with Gasteiger partial charge in [0.15, 0.2) is 0 Å². The average Bonchev–Trinajstić information content (AvgIpc) is 3.35. The van der Waals surface area contributed by atoms with Crippen molar-refractivity contribution in [3.63, 3.8) is 0 Å². The van der Waals surface area contributed by atoms with Crippen molar-refractivity contribution in [3.8, 4) is 0 Å².